The van der Waals surface area contributed by atoms with Gasteiger partial charge in [0, 0.05) is 33.2 Å². The van der Waals surface area contributed by atoms with Crippen molar-refractivity contribution in [2.45, 2.75) is 32.1 Å². The van der Waals surface area contributed by atoms with Gasteiger partial charge in [-0.2, -0.15) is 4.31 Å². The molecule has 1 saturated heterocycles. The topological polar surface area (TPSA) is 83.0 Å². The van der Waals surface area contributed by atoms with Crippen LogP contribution in [0.15, 0.2) is 29.3 Å². The fourth-order valence-corrected chi connectivity index (χ4v) is 4.33. The fraction of sp³-hybridized carbons (Fsp3) is 0.611. The number of benzene rings is 1. The molecule has 0 aliphatic carbocycles. The normalized spacial score (nSPS) is 16.5. The highest BCUT2D eigenvalue weighted by Gasteiger charge is 2.25. The van der Waals surface area contributed by atoms with Gasteiger partial charge in [0.15, 0.2) is 5.96 Å². The first-order valence-electron chi connectivity index (χ1n) is 9.13. The Hall–Kier alpha value is -1.64. The van der Waals surface area contributed by atoms with E-state index in [0.29, 0.717) is 32.8 Å². The maximum atomic E-state index is 12.7. The van der Waals surface area contributed by atoms with Crippen molar-refractivity contribution in [2.75, 3.05) is 39.9 Å². The molecule has 2 rings (SSSR count). The monoisotopic (exact) mass is 382 g/mol. The second-order valence-corrected chi connectivity index (χ2v) is 8.21. The van der Waals surface area contributed by atoms with Crippen molar-refractivity contribution in [3.05, 3.63) is 35.4 Å². The molecule has 1 aliphatic rings. The molecule has 7 nitrogen and oxygen atoms in total. The van der Waals surface area contributed by atoms with Gasteiger partial charge in [-0.05, 0) is 17.5 Å². The van der Waals surface area contributed by atoms with Crippen LogP contribution in [0.25, 0.3) is 0 Å². The Bertz CT molecular complexity index is 685. The third-order valence-corrected chi connectivity index (χ3v) is 6.14. The Morgan fingerprint density at radius 2 is 1.88 bits per heavy atom. The molecule has 0 radical (unpaired) electrons. The van der Waals surface area contributed by atoms with Crippen LogP contribution in [0, 0.1) is 0 Å². The van der Waals surface area contributed by atoms with E-state index in [1.54, 1.807) is 7.05 Å². The minimum absolute atomic E-state index is 0.00666. The summed E-state index contributed by atoms with van der Waals surface area (Å²) in [4.78, 5) is 4.21. The van der Waals surface area contributed by atoms with Crippen LogP contribution in [0.3, 0.4) is 0 Å². The van der Waals surface area contributed by atoms with Gasteiger partial charge in [0.05, 0.1) is 19.0 Å². The minimum atomic E-state index is -3.34. The number of morpholine rings is 1. The maximum absolute atomic E-state index is 12.7. The predicted octanol–water partition coefficient (Wildman–Crippen LogP) is 1.31. The number of nitrogens with zero attached hydrogens (tertiary/aromatic N) is 2. The number of hydrogen-bond acceptors (Lipinski definition) is 4. The van der Waals surface area contributed by atoms with E-state index in [1.807, 2.05) is 24.3 Å². The van der Waals surface area contributed by atoms with Gasteiger partial charge in [0.2, 0.25) is 10.0 Å². The van der Waals surface area contributed by atoms with E-state index < -0.39 is 10.0 Å². The van der Waals surface area contributed by atoms with Gasteiger partial charge in [-0.15, -0.1) is 0 Å². The lowest BCUT2D eigenvalue weighted by atomic mass is 10.1. The lowest BCUT2D eigenvalue weighted by Crippen LogP contribution is -2.41. The van der Waals surface area contributed by atoms with Gasteiger partial charge < -0.3 is 15.4 Å². The van der Waals surface area contributed by atoms with Gasteiger partial charge in [0.1, 0.15) is 0 Å². The van der Waals surface area contributed by atoms with Crippen molar-refractivity contribution in [3.63, 3.8) is 0 Å². The Labute approximate surface area is 156 Å². The first kappa shape index (κ1) is 20.7. The van der Waals surface area contributed by atoms with Gasteiger partial charge in [-0.3, -0.25) is 4.99 Å². The molecule has 1 fully saturated rings. The molecule has 0 saturated carbocycles. The second-order valence-electron chi connectivity index (χ2n) is 6.24. The molecular weight excluding hydrogens is 352 g/mol. The summed E-state index contributed by atoms with van der Waals surface area (Å²) in [5.74, 6) is 0.733. The van der Waals surface area contributed by atoms with Crippen LogP contribution in [0.5, 0.6) is 0 Å². The maximum Gasteiger partial charge on any atom is 0.218 e. The zero-order chi connectivity index (χ0) is 18.8. The van der Waals surface area contributed by atoms with E-state index in [1.165, 1.54) is 4.31 Å². The fourth-order valence-electron chi connectivity index (χ4n) is 2.77. The second kappa shape index (κ2) is 10.5. The molecule has 0 spiro atoms. The highest BCUT2D eigenvalue weighted by molar-refractivity contribution is 7.88. The van der Waals surface area contributed by atoms with Crippen molar-refractivity contribution in [1.29, 1.82) is 0 Å². The van der Waals surface area contributed by atoms with Crippen molar-refractivity contribution in [3.8, 4) is 0 Å². The van der Waals surface area contributed by atoms with E-state index in [4.69, 9.17) is 4.74 Å². The molecule has 0 atom stereocenters. The smallest absolute Gasteiger partial charge is 0.218 e. The van der Waals surface area contributed by atoms with Crippen LogP contribution in [0.2, 0.25) is 0 Å². The largest absolute Gasteiger partial charge is 0.379 e. The highest BCUT2D eigenvalue weighted by atomic mass is 32.2. The summed E-state index contributed by atoms with van der Waals surface area (Å²) < 4.78 is 32.1. The van der Waals surface area contributed by atoms with Crippen molar-refractivity contribution >= 4 is 16.0 Å². The molecular formula is C18H30N4O3S. The lowest BCUT2D eigenvalue weighted by Gasteiger charge is -2.26. The van der Waals surface area contributed by atoms with Crippen LogP contribution in [0.4, 0.5) is 0 Å². The van der Waals surface area contributed by atoms with Crippen LogP contribution in [0.1, 0.15) is 30.9 Å². The number of sulfonamides is 1. The molecule has 0 aromatic heterocycles. The number of rotatable bonds is 8. The summed E-state index contributed by atoms with van der Waals surface area (Å²) in [5, 5.41) is 6.52. The number of guanidine groups is 1. The van der Waals surface area contributed by atoms with E-state index in [2.05, 4.69) is 22.5 Å². The van der Waals surface area contributed by atoms with Gasteiger partial charge in [-0.1, -0.05) is 37.6 Å². The first-order valence-corrected chi connectivity index (χ1v) is 10.7. The van der Waals surface area contributed by atoms with Crippen LogP contribution >= 0.6 is 0 Å². The summed E-state index contributed by atoms with van der Waals surface area (Å²) >= 11 is 0. The van der Waals surface area contributed by atoms with E-state index in [-0.39, 0.29) is 5.75 Å². The quantitative estimate of drug-likeness (QED) is 0.402. The average Bonchev–Trinajstić information content (AvgIpc) is 2.66. The first-order chi connectivity index (χ1) is 12.6. The van der Waals surface area contributed by atoms with Crippen LogP contribution in [-0.4, -0.2) is 58.6 Å². The van der Waals surface area contributed by atoms with Crippen molar-refractivity contribution < 1.29 is 13.2 Å². The number of unbranched alkanes of at least 4 members (excludes halogenated alkanes) is 1. The molecule has 146 valence electrons. The highest BCUT2D eigenvalue weighted by Crippen LogP contribution is 2.16. The number of nitrogens with one attached hydrogen (secondary N) is 2. The zero-order valence-corrected chi connectivity index (χ0v) is 16.5. The van der Waals surface area contributed by atoms with Gasteiger partial charge in [-0.25, -0.2) is 8.42 Å². The van der Waals surface area contributed by atoms with E-state index in [0.717, 1.165) is 36.5 Å². The average molecular weight is 383 g/mol. The standard InChI is InChI=1S/C18H30N4O3S/c1-3-4-9-20-18(19-2)21-14-16-7-5-6-8-17(16)15-26(23,24)22-10-12-25-13-11-22/h5-8H,3-4,9-15H2,1-2H3,(H2,19,20,21). The summed E-state index contributed by atoms with van der Waals surface area (Å²) in [6.45, 7) is 5.31. The number of hydrogen-bond donors (Lipinski definition) is 2. The zero-order valence-electron chi connectivity index (χ0n) is 15.7. The molecule has 2 N–H and O–H groups in total. The molecule has 8 heteroatoms. The SMILES string of the molecule is CCCCNC(=NC)NCc1ccccc1CS(=O)(=O)N1CCOCC1. The third kappa shape index (κ3) is 6.26. The summed E-state index contributed by atoms with van der Waals surface area (Å²) in [6, 6.07) is 7.63. The van der Waals surface area contributed by atoms with E-state index >= 15 is 0 Å². The molecule has 0 bridgehead atoms. The molecule has 26 heavy (non-hydrogen) atoms. The predicted molar refractivity (Wildman–Crippen MR) is 105 cm³/mol. The minimum Gasteiger partial charge on any atom is -0.379 e. The number of aliphatic imine (C=N–C) groups is 1. The van der Waals surface area contributed by atoms with Crippen molar-refractivity contribution in [2.24, 2.45) is 4.99 Å². The summed E-state index contributed by atoms with van der Waals surface area (Å²) in [5.41, 5.74) is 1.78. The Kier molecular flexibility index (Phi) is 8.34. The molecule has 0 amide bonds. The third-order valence-electron chi connectivity index (χ3n) is 4.31. The van der Waals surface area contributed by atoms with Crippen LogP contribution < -0.4 is 10.6 Å². The Morgan fingerprint density at radius 3 is 2.54 bits per heavy atom. The van der Waals surface area contributed by atoms with E-state index in [9.17, 15) is 8.42 Å². The molecule has 1 aromatic rings. The van der Waals surface area contributed by atoms with Gasteiger partial charge >= 0.3 is 0 Å². The van der Waals surface area contributed by atoms with Gasteiger partial charge in [0.25, 0.3) is 0 Å². The summed E-state index contributed by atoms with van der Waals surface area (Å²) in [7, 11) is -1.61. The Balaban J connectivity index is 2.00. The Morgan fingerprint density at radius 1 is 1.19 bits per heavy atom. The molecule has 1 heterocycles. The summed E-state index contributed by atoms with van der Waals surface area (Å²) in [6.07, 6.45) is 2.20. The lowest BCUT2D eigenvalue weighted by molar-refractivity contribution is 0.0729. The molecule has 0 unspecified atom stereocenters. The number of ether oxygens (including phenoxy) is 1. The van der Waals surface area contributed by atoms with Crippen LogP contribution in [-0.2, 0) is 27.1 Å². The molecule has 1 aromatic carbocycles. The molecule has 1 aliphatic heterocycles. The van der Waals surface area contributed by atoms with Crippen molar-refractivity contribution in [1.82, 2.24) is 14.9 Å².